The van der Waals surface area contributed by atoms with Gasteiger partial charge in [-0.2, -0.15) is 0 Å². The third-order valence-corrected chi connectivity index (χ3v) is 4.34. The lowest BCUT2D eigenvalue weighted by Gasteiger charge is -2.20. The van der Waals surface area contributed by atoms with Crippen molar-refractivity contribution < 1.29 is 19.0 Å². The molecular weight excluding hydrogens is 396 g/mol. The van der Waals surface area contributed by atoms with Gasteiger partial charge in [-0.05, 0) is 56.5 Å². The molecule has 0 fully saturated rings. The Labute approximate surface area is 181 Å². The van der Waals surface area contributed by atoms with E-state index < -0.39 is 11.7 Å². The molecule has 164 valence electrons. The summed E-state index contributed by atoms with van der Waals surface area (Å²) in [6.07, 6.45) is 1.16. The van der Waals surface area contributed by atoms with Crippen LogP contribution in [0.1, 0.15) is 20.8 Å². The van der Waals surface area contributed by atoms with E-state index in [4.69, 9.17) is 14.2 Å². The number of anilines is 2. The highest BCUT2D eigenvalue weighted by Crippen LogP contribution is 2.33. The monoisotopic (exact) mass is 424 g/mol. The zero-order valence-corrected chi connectivity index (χ0v) is 18.5. The Bertz CT molecular complexity index is 1060. The predicted octanol–water partition coefficient (Wildman–Crippen LogP) is 4.71. The Morgan fingerprint density at radius 2 is 1.90 bits per heavy atom. The van der Waals surface area contributed by atoms with Gasteiger partial charge in [0.2, 0.25) is 5.95 Å². The molecule has 0 radical (unpaired) electrons. The lowest BCUT2D eigenvalue weighted by molar-refractivity contribution is 0.0636. The molecule has 0 atom stereocenters. The third-order valence-electron chi connectivity index (χ3n) is 4.34. The van der Waals surface area contributed by atoms with Crippen molar-refractivity contribution in [1.82, 2.24) is 9.97 Å². The molecule has 0 aliphatic rings. The highest BCUT2D eigenvalue weighted by molar-refractivity contribution is 6.03. The lowest BCUT2D eigenvalue weighted by Crippen LogP contribution is -2.27. The second kappa shape index (κ2) is 9.61. The van der Waals surface area contributed by atoms with Crippen LogP contribution in [-0.2, 0) is 9.47 Å². The molecule has 2 N–H and O–H groups in total. The fourth-order valence-electron chi connectivity index (χ4n) is 3.00. The van der Waals surface area contributed by atoms with E-state index in [1.54, 1.807) is 20.4 Å². The van der Waals surface area contributed by atoms with Crippen molar-refractivity contribution in [2.75, 3.05) is 38.0 Å². The summed E-state index contributed by atoms with van der Waals surface area (Å²) in [5.41, 5.74) is 1.55. The Kier molecular flexibility index (Phi) is 6.91. The average Bonchev–Trinajstić information content (AvgIpc) is 2.72. The molecule has 31 heavy (non-hydrogen) atoms. The lowest BCUT2D eigenvalue weighted by atomic mass is 10.0. The molecule has 0 unspecified atom stereocenters. The minimum atomic E-state index is -0.607. The fourth-order valence-corrected chi connectivity index (χ4v) is 3.00. The number of nitrogens with zero attached hydrogens (tertiary/aromatic N) is 2. The number of carbonyl (C=O) groups is 1. The van der Waals surface area contributed by atoms with E-state index >= 15 is 0 Å². The van der Waals surface area contributed by atoms with Crippen LogP contribution in [0, 0.1) is 0 Å². The quantitative estimate of drug-likeness (QED) is 0.530. The van der Waals surface area contributed by atoms with E-state index in [-0.39, 0.29) is 0 Å². The van der Waals surface area contributed by atoms with Crippen LogP contribution in [-0.4, -0.2) is 49.0 Å². The molecule has 0 spiro atoms. The van der Waals surface area contributed by atoms with Gasteiger partial charge in [-0.25, -0.2) is 14.8 Å². The molecular formula is C23H28N4O4. The van der Waals surface area contributed by atoms with Gasteiger partial charge in [-0.15, -0.1) is 0 Å². The molecule has 1 aromatic heterocycles. The molecule has 8 heteroatoms. The number of amides is 1. The number of aromatic nitrogens is 2. The van der Waals surface area contributed by atoms with Crippen molar-refractivity contribution in [2.24, 2.45) is 0 Å². The van der Waals surface area contributed by atoms with Gasteiger partial charge in [0.05, 0.1) is 25.1 Å². The summed E-state index contributed by atoms with van der Waals surface area (Å²) in [6.45, 7) is 6.62. The molecule has 8 nitrogen and oxygen atoms in total. The Morgan fingerprint density at radius 1 is 1.10 bits per heavy atom. The molecule has 1 heterocycles. The van der Waals surface area contributed by atoms with E-state index in [1.165, 1.54) is 0 Å². The van der Waals surface area contributed by atoms with Crippen LogP contribution in [0.25, 0.3) is 22.0 Å². The normalized spacial score (nSPS) is 11.3. The van der Waals surface area contributed by atoms with Crippen LogP contribution >= 0.6 is 0 Å². The first-order chi connectivity index (χ1) is 14.8. The molecule has 2 aromatic carbocycles. The predicted molar refractivity (Wildman–Crippen MR) is 122 cm³/mol. The summed E-state index contributed by atoms with van der Waals surface area (Å²) in [6, 6.07) is 11.4. The molecule has 3 aromatic rings. The number of hydrogen-bond acceptors (Lipinski definition) is 7. The number of ether oxygens (including phenoxy) is 3. The number of hydrogen-bond donors (Lipinski definition) is 2. The topological polar surface area (TPSA) is 94.6 Å². The van der Waals surface area contributed by atoms with E-state index in [2.05, 4.69) is 20.6 Å². The highest BCUT2D eigenvalue weighted by Gasteiger charge is 2.18. The van der Waals surface area contributed by atoms with Crippen LogP contribution in [0.3, 0.4) is 0 Å². The maximum atomic E-state index is 12.5. The summed E-state index contributed by atoms with van der Waals surface area (Å²) in [7, 11) is 3.25. The molecule has 3 rings (SSSR count). The maximum Gasteiger partial charge on any atom is 0.412 e. The first-order valence-corrected chi connectivity index (χ1v) is 9.97. The van der Waals surface area contributed by atoms with Crippen LogP contribution in [0.4, 0.5) is 16.4 Å². The van der Waals surface area contributed by atoms with Crippen LogP contribution in [0.15, 0.2) is 42.6 Å². The number of methoxy groups -OCH3 is 2. The largest absolute Gasteiger partial charge is 0.497 e. The molecule has 0 saturated carbocycles. The first-order valence-electron chi connectivity index (χ1n) is 9.97. The maximum absolute atomic E-state index is 12.5. The summed E-state index contributed by atoms with van der Waals surface area (Å²) >= 11 is 0. The number of fused-ring (bicyclic) bond motifs is 1. The van der Waals surface area contributed by atoms with Gasteiger partial charge in [-0.3, -0.25) is 5.32 Å². The summed E-state index contributed by atoms with van der Waals surface area (Å²) < 4.78 is 15.8. The van der Waals surface area contributed by atoms with Gasteiger partial charge in [0, 0.05) is 30.8 Å². The van der Waals surface area contributed by atoms with E-state index in [0.717, 1.165) is 22.0 Å². The van der Waals surface area contributed by atoms with Crippen molar-refractivity contribution in [1.29, 1.82) is 0 Å². The number of carbonyl (C=O) groups excluding carboxylic acids is 1. The second-order valence-corrected chi connectivity index (χ2v) is 7.92. The van der Waals surface area contributed by atoms with Crippen molar-refractivity contribution in [2.45, 2.75) is 26.4 Å². The van der Waals surface area contributed by atoms with Crippen molar-refractivity contribution >= 4 is 28.5 Å². The Balaban J connectivity index is 2.01. The van der Waals surface area contributed by atoms with E-state index in [9.17, 15) is 4.79 Å². The van der Waals surface area contributed by atoms with Crippen LogP contribution in [0.2, 0.25) is 0 Å². The van der Waals surface area contributed by atoms with Crippen molar-refractivity contribution in [3.05, 3.63) is 42.6 Å². The Morgan fingerprint density at radius 3 is 2.61 bits per heavy atom. The molecule has 0 saturated heterocycles. The Hall–Kier alpha value is -3.39. The fraction of sp³-hybridized carbons (Fsp3) is 0.348. The van der Waals surface area contributed by atoms with Gasteiger partial charge in [0.25, 0.3) is 0 Å². The molecule has 1 amide bonds. The molecule has 0 aliphatic heterocycles. The number of benzene rings is 2. The standard InChI is InChI=1S/C23H28N4O4/c1-23(2,3)31-22(28)27-20-13-16(12-15-6-7-17(30-5)14-18(15)20)19-8-9-24-21(26-19)25-10-11-29-4/h6-9,12-14H,10-11H2,1-5H3,(H,27,28)(H,24,25,26). The SMILES string of the molecule is COCCNc1nccc(-c2cc(NC(=O)OC(C)(C)C)c3cc(OC)ccc3c2)n1. The van der Waals surface area contributed by atoms with Gasteiger partial charge < -0.3 is 19.5 Å². The molecule has 0 bridgehead atoms. The van der Waals surface area contributed by atoms with Gasteiger partial charge in [-0.1, -0.05) is 6.07 Å². The highest BCUT2D eigenvalue weighted by atomic mass is 16.6. The summed E-state index contributed by atoms with van der Waals surface area (Å²) in [4.78, 5) is 21.3. The van der Waals surface area contributed by atoms with Crippen molar-refractivity contribution in [3.8, 4) is 17.0 Å². The smallest absolute Gasteiger partial charge is 0.412 e. The second-order valence-electron chi connectivity index (χ2n) is 7.92. The van der Waals surface area contributed by atoms with Crippen LogP contribution in [0.5, 0.6) is 5.75 Å². The van der Waals surface area contributed by atoms with Crippen molar-refractivity contribution in [3.63, 3.8) is 0 Å². The number of rotatable bonds is 7. The third kappa shape index (κ3) is 6.05. The zero-order valence-electron chi connectivity index (χ0n) is 18.5. The van der Waals surface area contributed by atoms with E-state index in [1.807, 2.05) is 57.2 Å². The molecule has 0 aliphatic carbocycles. The van der Waals surface area contributed by atoms with E-state index in [0.29, 0.717) is 30.5 Å². The van der Waals surface area contributed by atoms with Gasteiger partial charge >= 0.3 is 6.09 Å². The average molecular weight is 425 g/mol. The minimum Gasteiger partial charge on any atom is -0.497 e. The summed E-state index contributed by atoms with van der Waals surface area (Å²) in [5.74, 6) is 1.20. The summed E-state index contributed by atoms with van der Waals surface area (Å²) in [5, 5.41) is 7.76. The first kappa shape index (κ1) is 22.3. The number of nitrogens with one attached hydrogen (secondary N) is 2. The van der Waals surface area contributed by atoms with Gasteiger partial charge in [0.1, 0.15) is 11.4 Å². The zero-order chi connectivity index (χ0) is 22.4. The minimum absolute atomic E-state index is 0.506. The van der Waals surface area contributed by atoms with Gasteiger partial charge in [0.15, 0.2) is 0 Å². The van der Waals surface area contributed by atoms with Crippen LogP contribution < -0.4 is 15.4 Å².